The average molecular weight is 385 g/mol. The van der Waals surface area contributed by atoms with Gasteiger partial charge in [0.05, 0.1) is 12.7 Å². The topological polar surface area (TPSA) is 105 Å². The van der Waals surface area contributed by atoms with Gasteiger partial charge in [0.1, 0.15) is 6.61 Å². The molecule has 0 aliphatic heterocycles. The molecule has 0 spiro atoms. The van der Waals surface area contributed by atoms with Gasteiger partial charge in [0.15, 0.2) is 0 Å². The second-order valence-electron chi connectivity index (χ2n) is 6.18. The Balaban J connectivity index is 2.29. The number of benzene rings is 2. The van der Waals surface area contributed by atoms with Crippen molar-refractivity contribution >= 4 is 23.6 Å². The minimum absolute atomic E-state index is 0.00205. The Bertz CT molecular complexity index is 863. The van der Waals surface area contributed by atoms with Crippen LogP contribution in [0.2, 0.25) is 0 Å². The third-order valence-electron chi connectivity index (χ3n) is 4.29. The van der Waals surface area contributed by atoms with Crippen LogP contribution in [0.5, 0.6) is 0 Å². The van der Waals surface area contributed by atoms with E-state index in [9.17, 15) is 14.4 Å². The summed E-state index contributed by atoms with van der Waals surface area (Å²) in [5, 5.41) is 0. The normalized spacial score (nSPS) is 11.4. The molecule has 0 bridgehead atoms. The number of hydrogen-bond donors (Lipinski definition) is 1. The number of carbonyl (C=O) groups excluding carboxylic acids is 3. The third kappa shape index (κ3) is 5.33. The van der Waals surface area contributed by atoms with Crippen LogP contribution >= 0.6 is 0 Å². The van der Waals surface area contributed by atoms with Crippen LogP contribution in [-0.4, -0.2) is 31.1 Å². The van der Waals surface area contributed by atoms with Gasteiger partial charge in [0.25, 0.3) is 0 Å². The van der Waals surface area contributed by atoms with Gasteiger partial charge in [-0.05, 0) is 41.8 Å². The van der Waals surface area contributed by atoms with Gasteiger partial charge in [0, 0.05) is 19.0 Å². The molecule has 2 rings (SSSR count). The van der Waals surface area contributed by atoms with E-state index in [0.717, 1.165) is 5.56 Å². The minimum Gasteiger partial charge on any atom is -0.466 e. The van der Waals surface area contributed by atoms with Gasteiger partial charge >= 0.3 is 17.9 Å². The molecule has 0 aliphatic rings. The number of anilines is 1. The lowest BCUT2D eigenvalue weighted by Gasteiger charge is -2.19. The van der Waals surface area contributed by atoms with Crippen LogP contribution in [0, 0.1) is 6.92 Å². The number of rotatable bonds is 7. The van der Waals surface area contributed by atoms with Crippen molar-refractivity contribution in [3.8, 4) is 0 Å². The van der Waals surface area contributed by atoms with Gasteiger partial charge in [-0.1, -0.05) is 24.3 Å². The molecular weight excluding hydrogens is 362 g/mol. The Labute approximate surface area is 163 Å². The highest BCUT2D eigenvalue weighted by atomic mass is 16.6. The van der Waals surface area contributed by atoms with E-state index in [1.165, 1.54) is 14.0 Å². The van der Waals surface area contributed by atoms with Gasteiger partial charge in [-0.3, -0.25) is 4.79 Å². The summed E-state index contributed by atoms with van der Waals surface area (Å²) in [5.41, 5.74) is 8.88. The Hall–Kier alpha value is -3.35. The molecule has 0 radical (unpaired) electrons. The number of esters is 3. The molecule has 0 aliphatic carbocycles. The fourth-order valence-corrected chi connectivity index (χ4v) is 2.67. The SMILES string of the molecule is COC(=O)C(Cc1ccc(N)c(C)c1COC(C)=O)OC(=O)c1ccccc1. The molecule has 28 heavy (non-hydrogen) atoms. The van der Waals surface area contributed by atoms with Crippen LogP contribution in [-0.2, 0) is 36.8 Å². The summed E-state index contributed by atoms with van der Waals surface area (Å²) in [6.07, 6.45) is -1.10. The van der Waals surface area contributed by atoms with Crippen molar-refractivity contribution in [2.75, 3.05) is 12.8 Å². The maximum Gasteiger partial charge on any atom is 0.347 e. The van der Waals surface area contributed by atoms with Gasteiger partial charge in [0.2, 0.25) is 6.10 Å². The second kappa shape index (κ2) is 9.55. The highest BCUT2D eigenvalue weighted by Gasteiger charge is 2.26. The quantitative estimate of drug-likeness (QED) is 0.444. The second-order valence-corrected chi connectivity index (χ2v) is 6.18. The van der Waals surface area contributed by atoms with Crippen LogP contribution in [0.25, 0.3) is 0 Å². The number of nitrogens with two attached hydrogens (primary N) is 1. The number of carbonyl (C=O) groups is 3. The summed E-state index contributed by atoms with van der Waals surface area (Å²) >= 11 is 0. The molecule has 148 valence electrons. The fourth-order valence-electron chi connectivity index (χ4n) is 2.67. The van der Waals surface area contributed by atoms with Crippen LogP contribution in [0.15, 0.2) is 42.5 Å². The molecule has 2 aromatic carbocycles. The molecule has 0 fully saturated rings. The first-order valence-corrected chi connectivity index (χ1v) is 8.67. The Morgan fingerprint density at radius 3 is 2.36 bits per heavy atom. The van der Waals surface area contributed by atoms with E-state index in [4.69, 9.17) is 19.9 Å². The van der Waals surface area contributed by atoms with Crippen molar-refractivity contribution in [1.82, 2.24) is 0 Å². The Morgan fingerprint density at radius 1 is 1.07 bits per heavy atom. The van der Waals surface area contributed by atoms with Gasteiger partial charge < -0.3 is 19.9 Å². The summed E-state index contributed by atoms with van der Waals surface area (Å²) in [4.78, 5) is 35.8. The lowest BCUT2D eigenvalue weighted by atomic mass is 9.96. The number of ether oxygens (including phenoxy) is 3. The van der Waals surface area contributed by atoms with Crippen LogP contribution in [0.1, 0.15) is 34.0 Å². The highest BCUT2D eigenvalue weighted by molar-refractivity contribution is 5.91. The molecular formula is C21H23NO6. The molecule has 0 heterocycles. The maximum atomic E-state index is 12.4. The first-order valence-electron chi connectivity index (χ1n) is 8.67. The van der Waals surface area contributed by atoms with Gasteiger partial charge in [-0.25, -0.2) is 9.59 Å². The summed E-state index contributed by atoms with van der Waals surface area (Å²) in [6.45, 7) is 3.10. The van der Waals surface area contributed by atoms with E-state index >= 15 is 0 Å². The van der Waals surface area contributed by atoms with Gasteiger partial charge in [-0.15, -0.1) is 0 Å². The zero-order valence-corrected chi connectivity index (χ0v) is 16.1. The number of hydrogen-bond acceptors (Lipinski definition) is 7. The van der Waals surface area contributed by atoms with E-state index in [1.54, 1.807) is 49.4 Å². The maximum absolute atomic E-state index is 12.4. The molecule has 2 aromatic rings. The highest BCUT2D eigenvalue weighted by Crippen LogP contribution is 2.24. The zero-order chi connectivity index (χ0) is 20.7. The van der Waals surface area contributed by atoms with E-state index in [0.29, 0.717) is 22.4 Å². The minimum atomic E-state index is -1.16. The average Bonchev–Trinajstić information content (AvgIpc) is 2.69. The molecule has 2 N–H and O–H groups in total. The lowest BCUT2D eigenvalue weighted by molar-refractivity contribution is -0.151. The van der Waals surface area contributed by atoms with E-state index in [2.05, 4.69) is 0 Å². The number of methoxy groups -OCH3 is 1. The van der Waals surface area contributed by atoms with Crippen molar-refractivity contribution < 1.29 is 28.6 Å². The molecule has 1 atom stereocenters. The molecule has 1 unspecified atom stereocenters. The van der Waals surface area contributed by atoms with Crippen molar-refractivity contribution in [3.05, 3.63) is 64.7 Å². The molecule has 7 heteroatoms. The summed E-state index contributed by atoms with van der Waals surface area (Å²) in [6, 6.07) is 11.8. The van der Waals surface area contributed by atoms with E-state index in [1.807, 2.05) is 0 Å². The van der Waals surface area contributed by atoms with Crippen LogP contribution in [0.4, 0.5) is 5.69 Å². The molecule has 0 amide bonds. The summed E-state index contributed by atoms with van der Waals surface area (Å²) < 4.78 is 15.3. The standard InChI is InChI=1S/C21H23NO6/c1-13-17(12-27-14(2)23)16(9-10-18(13)22)11-19(21(25)26-3)28-20(24)15-7-5-4-6-8-15/h4-10,19H,11-12,22H2,1-3H3. The van der Waals surface area contributed by atoms with Crippen molar-refractivity contribution in [3.63, 3.8) is 0 Å². The smallest absolute Gasteiger partial charge is 0.347 e. The van der Waals surface area contributed by atoms with Crippen molar-refractivity contribution in [2.24, 2.45) is 0 Å². The van der Waals surface area contributed by atoms with Crippen LogP contribution in [0.3, 0.4) is 0 Å². The zero-order valence-electron chi connectivity index (χ0n) is 16.1. The monoisotopic (exact) mass is 385 g/mol. The molecule has 0 saturated carbocycles. The first kappa shape index (κ1) is 21.0. The lowest BCUT2D eigenvalue weighted by Crippen LogP contribution is -2.31. The van der Waals surface area contributed by atoms with Crippen LogP contribution < -0.4 is 5.73 Å². The first-order chi connectivity index (χ1) is 13.3. The fraction of sp³-hybridized carbons (Fsp3) is 0.286. The Kier molecular flexibility index (Phi) is 7.14. The summed E-state index contributed by atoms with van der Waals surface area (Å²) in [7, 11) is 1.22. The number of nitrogen functional groups attached to an aromatic ring is 1. The predicted octanol–water partition coefficient (Wildman–Crippen LogP) is 2.58. The Morgan fingerprint density at radius 2 is 1.75 bits per heavy atom. The third-order valence-corrected chi connectivity index (χ3v) is 4.29. The van der Waals surface area contributed by atoms with Crippen molar-refractivity contribution in [2.45, 2.75) is 33.0 Å². The van der Waals surface area contributed by atoms with Gasteiger partial charge in [-0.2, -0.15) is 0 Å². The summed E-state index contributed by atoms with van der Waals surface area (Å²) in [5.74, 6) is -1.75. The molecule has 0 aromatic heterocycles. The van der Waals surface area contributed by atoms with E-state index in [-0.39, 0.29) is 13.0 Å². The van der Waals surface area contributed by atoms with E-state index < -0.39 is 24.0 Å². The van der Waals surface area contributed by atoms with Crippen molar-refractivity contribution in [1.29, 1.82) is 0 Å². The largest absolute Gasteiger partial charge is 0.466 e. The predicted molar refractivity (Wildman–Crippen MR) is 102 cm³/mol. The molecule has 0 saturated heterocycles. The molecule has 7 nitrogen and oxygen atoms in total.